The molecule has 0 saturated heterocycles. The molecular formula is C18H15ClN6OS. The van der Waals surface area contributed by atoms with Gasteiger partial charge in [-0.05, 0) is 43.3 Å². The molecule has 0 aliphatic heterocycles. The Labute approximate surface area is 165 Å². The predicted octanol–water partition coefficient (Wildman–Crippen LogP) is 3.30. The highest BCUT2D eigenvalue weighted by Gasteiger charge is 2.20. The average Bonchev–Trinajstić information content (AvgIpc) is 3.03. The number of rotatable bonds is 5. The van der Waals surface area contributed by atoms with Crippen LogP contribution in [-0.4, -0.2) is 26.0 Å². The number of carbonyl (C=O) groups excluding carboxylic acids is 1. The van der Waals surface area contributed by atoms with Crippen molar-refractivity contribution in [3.05, 3.63) is 59.1 Å². The number of nitriles is 1. The van der Waals surface area contributed by atoms with Gasteiger partial charge in [0.25, 0.3) is 0 Å². The van der Waals surface area contributed by atoms with Crippen LogP contribution in [0.15, 0.2) is 53.7 Å². The number of nitrogens with zero attached hydrogens (tertiary/aromatic N) is 4. The number of amides is 1. The molecule has 0 aliphatic rings. The molecule has 2 aromatic carbocycles. The topological polar surface area (TPSA) is 110 Å². The maximum Gasteiger partial charge on any atom is 0.237 e. The maximum atomic E-state index is 12.4. The largest absolute Gasteiger partial charge is 0.335 e. The second kappa shape index (κ2) is 8.12. The molecule has 3 rings (SSSR count). The molecule has 0 spiro atoms. The molecule has 1 amide bonds. The third-order valence-corrected chi connectivity index (χ3v) is 5.10. The Hall–Kier alpha value is -3.02. The third-order valence-electron chi connectivity index (χ3n) is 3.71. The molecule has 1 unspecified atom stereocenters. The Morgan fingerprint density at radius 3 is 2.63 bits per heavy atom. The predicted molar refractivity (Wildman–Crippen MR) is 106 cm³/mol. The summed E-state index contributed by atoms with van der Waals surface area (Å²) in [6.07, 6.45) is 0. The van der Waals surface area contributed by atoms with Crippen LogP contribution < -0.4 is 11.2 Å². The highest BCUT2D eigenvalue weighted by atomic mass is 35.5. The molecule has 0 saturated carbocycles. The molecule has 0 fully saturated rings. The van der Waals surface area contributed by atoms with Crippen LogP contribution in [0.4, 0.5) is 5.69 Å². The molecule has 1 aromatic heterocycles. The van der Waals surface area contributed by atoms with E-state index in [4.69, 9.17) is 22.7 Å². The zero-order valence-electron chi connectivity index (χ0n) is 14.3. The Morgan fingerprint density at radius 2 is 1.96 bits per heavy atom. The van der Waals surface area contributed by atoms with Crippen LogP contribution in [0.25, 0.3) is 11.4 Å². The van der Waals surface area contributed by atoms with Gasteiger partial charge < -0.3 is 11.2 Å². The van der Waals surface area contributed by atoms with Gasteiger partial charge in [-0.3, -0.25) is 4.79 Å². The molecule has 0 aliphatic carbocycles. The van der Waals surface area contributed by atoms with Crippen molar-refractivity contribution in [2.75, 3.05) is 11.2 Å². The summed E-state index contributed by atoms with van der Waals surface area (Å²) in [4.78, 5) is 12.4. The summed E-state index contributed by atoms with van der Waals surface area (Å²) >= 11 is 7.36. The van der Waals surface area contributed by atoms with Crippen LogP contribution in [0.5, 0.6) is 0 Å². The minimum absolute atomic E-state index is 0.216. The van der Waals surface area contributed by atoms with Crippen LogP contribution in [0, 0.1) is 11.3 Å². The van der Waals surface area contributed by atoms with Crippen LogP contribution >= 0.6 is 23.4 Å². The third kappa shape index (κ3) is 4.22. The van der Waals surface area contributed by atoms with Crippen LogP contribution in [0.2, 0.25) is 5.02 Å². The van der Waals surface area contributed by atoms with E-state index in [1.165, 1.54) is 16.4 Å². The highest BCUT2D eigenvalue weighted by Crippen LogP contribution is 2.29. The number of thioether (sulfide) groups is 1. The molecule has 9 heteroatoms. The summed E-state index contributed by atoms with van der Waals surface area (Å²) < 4.78 is 1.32. The van der Waals surface area contributed by atoms with Crippen molar-refractivity contribution in [2.45, 2.75) is 17.3 Å². The van der Waals surface area contributed by atoms with Gasteiger partial charge in [0.1, 0.15) is 0 Å². The van der Waals surface area contributed by atoms with Gasteiger partial charge in [0.05, 0.1) is 21.9 Å². The van der Waals surface area contributed by atoms with Gasteiger partial charge in [0, 0.05) is 11.3 Å². The summed E-state index contributed by atoms with van der Waals surface area (Å²) in [5.41, 5.74) is 1.80. The lowest BCUT2D eigenvalue weighted by atomic mass is 10.2. The molecular weight excluding hydrogens is 384 g/mol. The quantitative estimate of drug-likeness (QED) is 0.504. The second-order valence-electron chi connectivity index (χ2n) is 5.59. The van der Waals surface area contributed by atoms with Crippen molar-refractivity contribution >= 4 is 35.0 Å². The fraction of sp³-hybridized carbons (Fsp3) is 0.111. The average molecular weight is 399 g/mol. The van der Waals surface area contributed by atoms with Crippen molar-refractivity contribution in [2.24, 2.45) is 0 Å². The fourth-order valence-corrected chi connectivity index (χ4v) is 3.26. The van der Waals surface area contributed by atoms with Crippen LogP contribution in [0.1, 0.15) is 12.5 Å². The lowest BCUT2D eigenvalue weighted by molar-refractivity contribution is -0.115. The summed E-state index contributed by atoms with van der Waals surface area (Å²) in [5.74, 6) is 6.29. The maximum absolute atomic E-state index is 12.4. The number of nitrogens with one attached hydrogen (secondary N) is 1. The molecule has 0 bridgehead atoms. The summed E-state index contributed by atoms with van der Waals surface area (Å²) in [5, 5.41) is 20.2. The van der Waals surface area contributed by atoms with E-state index in [1.54, 1.807) is 43.3 Å². The van der Waals surface area contributed by atoms with Crippen molar-refractivity contribution in [1.29, 1.82) is 5.26 Å². The number of nitrogen functional groups attached to an aromatic ring is 1. The second-order valence-corrected chi connectivity index (χ2v) is 7.31. The van der Waals surface area contributed by atoms with Crippen LogP contribution in [-0.2, 0) is 4.79 Å². The number of hydrogen-bond donors (Lipinski definition) is 2. The van der Waals surface area contributed by atoms with Gasteiger partial charge in [-0.2, -0.15) is 5.26 Å². The summed E-state index contributed by atoms with van der Waals surface area (Å²) in [6, 6.07) is 15.8. The van der Waals surface area contributed by atoms with E-state index in [2.05, 4.69) is 15.5 Å². The van der Waals surface area contributed by atoms with Crippen molar-refractivity contribution < 1.29 is 4.79 Å². The van der Waals surface area contributed by atoms with Crippen molar-refractivity contribution in [3.8, 4) is 17.5 Å². The normalized spacial score (nSPS) is 11.6. The minimum Gasteiger partial charge on any atom is -0.335 e. The number of benzene rings is 2. The number of anilines is 1. The molecule has 0 radical (unpaired) electrons. The van der Waals surface area contributed by atoms with Crippen molar-refractivity contribution in [1.82, 2.24) is 14.9 Å². The van der Waals surface area contributed by atoms with Gasteiger partial charge in [-0.1, -0.05) is 35.5 Å². The van der Waals surface area contributed by atoms with Gasteiger partial charge in [0.15, 0.2) is 5.82 Å². The molecule has 1 atom stereocenters. The number of aromatic nitrogens is 3. The lowest BCUT2D eigenvalue weighted by Gasteiger charge is -2.11. The molecule has 27 heavy (non-hydrogen) atoms. The molecule has 3 N–H and O–H groups in total. The zero-order chi connectivity index (χ0) is 19.4. The first kappa shape index (κ1) is 18.8. The number of halogens is 1. The zero-order valence-corrected chi connectivity index (χ0v) is 15.8. The molecule has 136 valence electrons. The van der Waals surface area contributed by atoms with E-state index in [-0.39, 0.29) is 5.91 Å². The van der Waals surface area contributed by atoms with E-state index < -0.39 is 5.25 Å². The standard InChI is InChI=1S/C18H15ClN6OS/c1-11(17(26)22-13-8-6-12(10-20)7-9-13)27-18-24-23-16(25(18)21)14-4-2-3-5-15(14)19/h2-9,11H,21H2,1H3,(H,22,26). The summed E-state index contributed by atoms with van der Waals surface area (Å²) in [6.45, 7) is 1.74. The Kier molecular flexibility index (Phi) is 5.64. The first-order chi connectivity index (χ1) is 13.0. The molecule has 1 heterocycles. The SMILES string of the molecule is CC(Sc1nnc(-c2ccccc2Cl)n1N)C(=O)Nc1ccc(C#N)cc1. The highest BCUT2D eigenvalue weighted by molar-refractivity contribution is 8.00. The van der Waals surface area contributed by atoms with E-state index in [0.717, 1.165) is 0 Å². The van der Waals surface area contributed by atoms with Crippen LogP contribution in [0.3, 0.4) is 0 Å². The minimum atomic E-state index is -0.466. The van der Waals surface area contributed by atoms with Gasteiger partial charge in [-0.15, -0.1) is 10.2 Å². The van der Waals surface area contributed by atoms with E-state index >= 15 is 0 Å². The van der Waals surface area contributed by atoms with Gasteiger partial charge >= 0.3 is 0 Å². The molecule has 3 aromatic rings. The van der Waals surface area contributed by atoms with Gasteiger partial charge in [0.2, 0.25) is 11.1 Å². The van der Waals surface area contributed by atoms with E-state index in [1.807, 2.05) is 18.2 Å². The lowest BCUT2D eigenvalue weighted by Crippen LogP contribution is -2.23. The Morgan fingerprint density at radius 1 is 1.26 bits per heavy atom. The Balaban J connectivity index is 1.70. The number of hydrogen-bond acceptors (Lipinski definition) is 6. The number of carbonyl (C=O) groups is 1. The van der Waals surface area contributed by atoms with E-state index in [9.17, 15) is 4.79 Å². The monoisotopic (exact) mass is 398 g/mol. The Bertz CT molecular complexity index is 1010. The smallest absolute Gasteiger partial charge is 0.237 e. The summed E-state index contributed by atoms with van der Waals surface area (Å²) in [7, 11) is 0. The van der Waals surface area contributed by atoms with Crippen molar-refractivity contribution in [3.63, 3.8) is 0 Å². The number of nitrogens with two attached hydrogens (primary N) is 1. The fourth-order valence-electron chi connectivity index (χ4n) is 2.27. The molecule has 7 nitrogen and oxygen atoms in total. The first-order valence-electron chi connectivity index (χ1n) is 7.92. The first-order valence-corrected chi connectivity index (χ1v) is 9.18. The van der Waals surface area contributed by atoms with Gasteiger partial charge in [-0.25, -0.2) is 4.68 Å². The van der Waals surface area contributed by atoms with E-state index in [0.29, 0.717) is 32.8 Å².